The molecular weight excluding hydrogens is 180 g/mol. The van der Waals surface area contributed by atoms with Gasteiger partial charge in [-0.3, -0.25) is 0 Å². The summed E-state index contributed by atoms with van der Waals surface area (Å²) in [5, 5.41) is 12.4. The maximum atomic E-state index is 11.1. The lowest BCUT2D eigenvalue weighted by atomic mass is 9.80. The number of hydrogen-bond acceptors (Lipinski definition) is 2. The fourth-order valence-corrected chi connectivity index (χ4v) is 2.37. The monoisotopic (exact) mass is 200 g/mol. The zero-order valence-electron chi connectivity index (χ0n) is 9.37. The maximum absolute atomic E-state index is 11.1. The number of rotatable bonds is 0. The second-order valence-corrected chi connectivity index (χ2v) is 5.03. The summed E-state index contributed by atoms with van der Waals surface area (Å²) in [5.41, 5.74) is -0.0226. The van der Waals surface area contributed by atoms with Crippen molar-refractivity contribution in [2.45, 2.75) is 39.8 Å². The van der Waals surface area contributed by atoms with Crippen LogP contribution in [0.25, 0.3) is 0 Å². The van der Waals surface area contributed by atoms with Gasteiger partial charge in [0, 0.05) is 19.1 Å². The molecule has 1 rings (SSSR count). The van der Waals surface area contributed by atoms with Crippen molar-refractivity contribution in [3.05, 3.63) is 0 Å². The minimum Gasteiger partial charge on any atom is -0.465 e. The topological polar surface area (TPSA) is 52.6 Å². The third kappa shape index (κ3) is 2.18. The number of amides is 1. The minimum absolute atomic E-state index is 0.0226. The van der Waals surface area contributed by atoms with Crippen molar-refractivity contribution >= 4 is 6.09 Å². The Morgan fingerprint density at radius 2 is 2.07 bits per heavy atom. The molecule has 14 heavy (non-hydrogen) atoms. The van der Waals surface area contributed by atoms with Crippen molar-refractivity contribution in [2.75, 3.05) is 13.1 Å². The summed E-state index contributed by atoms with van der Waals surface area (Å²) in [6.45, 7) is 9.62. The van der Waals surface area contributed by atoms with E-state index in [9.17, 15) is 4.79 Å². The van der Waals surface area contributed by atoms with Crippen LogP contribution in [-0.4, -0.2) is 41.3 Å². The molecule has 1 aliphatic heterocycles. The van der Waals surface area contributed by atoms with E-state index in [4.69, 9.17) is 5.11 Å². The Bertz CT molecular complexity index is 223. The average Bonchev–Trinajstić information content (AvgIpc) is 2.01. The third-order valence-electron chi connectivity index (χ3n) is 2.76. The summed E-state index contributed by atoms with van der Waals surface area (Å²) in [5.74, 6) is 0. The second-order valence-electron chi connectivity index (χ2n) is 5.03. The molecule has 0 saturated carbocycles. The molecule has 0 bridgehead atoms. The molecule has 0 aromatic carbocycles. The molecule has 0 aromatic heterocycles. The summed E-state index contributed by atoms with van der Waals surface area (Å²) >= 11 is 0. The molecule has 0 spiro atoms. The molecular formula is C10H20N2O2. The van der Waals surface area contributed by atoms with Gasteiger partial charge in [0.25, 0.3) is 0 Å². The number of piperazine rings is 1. The minimum atomic E-state index is -0.807. The van der Waals surface area contributed by atoms with Crippen LogP contribution in [-0.2, 0) is 0 Å². The highest BCUT2D eigenvalue weighted by atomic mass is 16.4. The maximum Gasteiger partial charge on any atom is 0.407 e. The van der Waals surface area contributed by atoms with Gasteiger partial charge in [-0.15, -0.1) is 0 Å². The van der Waals surface area contributed by atoms with E-state index in [0.717, 1.165) is 6.54 Å². The largest absolute Gasteiger partial charge is 0.465 e. The van der Waals surface area contributed by atoms with Gasteiger partial charge in [-0.05, 0) is 12.3 Å². The standard InChI is InChI=1S/C10H20N2O2/c1-7-8(10(2,3)4)12(9(13)14)6-5-11-7/h7-8,11H,5-6H2,1-4H3,(H,13,14)/t7-,8?/m1/s1. The number of carboxylic acid groups (broad SMARTS) is 1. The van der Waals surface area contributed by atoms with E-state index in [0.29, 0.717) is 6.54 Å². The zero-order valence-corrected chi connectivity index (χ0v) is 9.37. The predicted octanol–water partition coefficient (Wildman–Crippen LogP) is 1.37. The fourth-order valence-electron chi connectivity index (χ4n) is 2.37. The Balaban J connectivity index is 2.87. The van der Waals surface area contributed by atoms with Crippen LogP contribution in [0.5, 0.6) is 0 Å². The van der Waals surface area contributed by atoms with Gasteiger partial charge < -0.3 is 15.3 Å². The van der Waals surface area contributed by atoms with Crippen LogP contribution in [0.1, 0.15) is 27.7 Å². The Morgan fingerprint density at radius 3 is 2.43 bits per heavy atom. The zero-order chi connectivity index (χ0) is 10.9. The number of hydrogen-bond donors (Lipinski definition) is 2. The van der Waals surface area contributed by atoms with Crippen LogP contribution >= 0.6 is 0 Å². The van der Waals surface area contributed by atoms with Crippen LogP contribution in [0.4, 0.5) is 4.79 Å². The smallest absolute Gasteiger partial charge is 0.407 e. The Hall–Kier alpha value is -0.770. The van der Waals surface area contributed by atoms with Crippen LogP contribution in [0.3, 0.4) is 0 Å². The first-order valence-corrected chi connectivity index (χ1v) is 5.07. The van der Waals surface area contributed by atoms with Gasteiger partial charge in [-0.2, -0.15) is 0 Å². The molecule has 1 unspecified atom stereocenters. The molecule has 0 aliphatic carbocycles. The molecule has 1 saturated heterocycles. The molecule has 4 nitrogen and oxygen atoms in total. The van der Waals surface area contributed by atoms with E-state index < -0.39 is 6.09 Å². The second kappa shape index (κ2) is 3.77. The highest BCUT2D eigenvalue weighted by Gasteiger charge is 2.39. The van der Waals surface area contributed by atoms with Crippen molar-refractivity contribution in [1.82, 2.24) is 10.2 Å². The van der Waals surface area contributed by atoms with Crippen molar-refractivity contribution in [3.8, 4) is 0 Å². The first-order valence-electron chi connectivity index (χ1n) is 5.07. The molecule has 1 amide bonds. The lowest BCUT2D eigenvalue weighted by molar-refractivity contribution is 0.0458. The molecule has 1 heterocycles. The van der Waals surface area contributed by atoms with E-state index in [-0.39, 0.29) is 17.5 Å². The average molecular weight is 200 g/mol. The van der Waals surface area contributed by atoms with Crippen LogP contribution in [0, 0.1) is 5.41 Å². The van der Waals surface area contributed by atoms with Gasteiger partial charge in [0.2, 0.25) is 0 Å². The Labute approximate surface area is 85.3 Å². The predicted molar refractivity (Wildman–Crippen MR) is 55.4 cm³/mol. The first-order chi connectivity index (χ1) is 6.34. The molecule has 4 heteroatoms. The molecule has 0 aromatic rings. The van der Waals surface area contributed by atoms with Crippen LogP contribution in [0.2, 0.25) is 0 Å². The van der Waals surface area contributed by atoms with E-state index in [1.165, 1.54) is 0 Å². The summed E-state index contributed by atoms with van der Waals surface area (Å²) < 4.78 is 0. The Morgan fingerprint density at radius 1 is 1.50 bits per heavy atom. The summed E-state index contributed by atoms with van der Waals surface area (Å²) in [7, 11) is 0. The van der Waals surface area contributed by atoms with Crippen molar-refractivity contribution < 1.29 is 9.90 Å². The quantitative estimate of drug-likeness (QED) is 0.621. The molecule has 1 aliphatic rings. The van der Waals surface area contributed by atoms with Crippen LogP contribution < -0.4 is 5.32 Å². The van der Waals surface area contributed by atoms with E-state index >= 15 is 0 Å². The fraction of sp³-hybridized carbons (Fsp3) is 0.900. The van der Waals surface area contributed by atoms with Gasteiger partial charge in [-0.25, -0.2) is 4.79 Å². The van der Waals surface area contributed by atoms with Crippen molar-refractivity contribution in [1.29, 1.82) is 0 Å². The highest BCUT2D eigenvalue weighted by molar-refractivity contribution is 5.66. The number of nitrogens with one attached hydrogen (secondary N) is 1. The van der Waals surface area contributed by atoms with Gasteiger partial charge in [-0.1, -0.05) is 20.8 Å². The summed E-state index contributed by atoms with van der Waals surface area (Å²) in [4.78, 5) is 12.6. The van der Waals surface area contributed by atoms with Crippen molar-refractivity contribution in [3.63, 3.8) is 0 Å². The lowest BCUT2D eigenvalue weighted by Crippen LogP contribution is -2.62. The van der Waals surface area contributed by atoms with Crippen LogP contribution in [0.15, 0.2) is 0 Å². The third-order valence-corrected chi connectivity index (χ3v) is 2.76. The van der Waals surface area contributed by atoms with E-state index in [1.54, 1.807) is 4.90 Å². The van der Waals surface area contributed by atoms with Gasteiger partial charge in [0.1, 0.15) is 0 Å². The van der Waals surface area contributed by atoms with Crippen molar-refractivity contribution in [2.24, 2.45) is 5.41 Å². The van der Waals surface area contributed by atoms with Gasteiger partial charge >= 0.3 is 6.09 Å². The van der Waals surface area contributed by atoms with Gasteiger partial charge in [0.05, 0.1) is 6.04 Å². The summed E-state index contributed by atoms with van der Waals surface area (Å²) in [6.07, 6.45) is -0.807. The Kier molecular flexibility index (Phi) is 3.04. The lowest BCUT2D eigenvalue weighted by Gasteiger charge is -2.46. The van der Waals surface area contributed by atoms with E-state index in [1.807, 2.05) is 6.92 Å². The summed E-state index contributed by atoms with van der Waals surface area (Å²) in [6, 6.07) is 0.272. The molecule has 1 fully saturated rings. The molecule has 82 valence electrons. The van der Waals surface area contributed by atoms with E-state index in [2.05, 4.69) is 26.1 Å². The molecule has 2 atom stereocenters. The first kappa shape index (κ1) is 11.3. The number of nitrogens with zero attached hydrogens (tertiary/aromatic N) is 1. The molecule has 2 N–H and O–H groups in total. The molecule has 0 radical (unpaired) electrons. The van der Waals surface area contributed by atoms with Gasteiger partial charge in [0.15, 0.2) is 0 Å². The SMILES string of the molecule is C[C@H]1NCCN(C(=O)O)C1C(C)(C)C. The highest BCUT2D eigenvalue weighted by Crippen LogP contribution is 2.28. The normalized spacial score (nSPS) is 29.0. The number of carbonyl (C=O) groups is 1.